The zero-order valence-corrected chi connectivity index (χ0v) is 14.9. The molecule has 0 aliphatic carbocycles. The number of urea groups is 1. The van der Waals surface area contributed by atoms with E-state index in [0.29, 0.717) is 11.3 Å². The largest absolute Gasteiger partial charge is 0.459 e. The van der Waals surface area contributed by atoms with E-state index >= 15 is 0 Å². The summed E-state index contributed by atoms with van der Waals surface area (Å²) in [7, 11) is 0. The molecule has 0 spiro atoms. The predicted molar refractivity (Wildman–Crippen MR) is 95.2 cm³/mol. The van der Waals surface area contributed by atoms with Crippen LogP contribution in [0.2, 0.25) is 0 Å². The highest BCUT2D eigenvalue weighted by molar-refractivity contribution is 5.95. The van der Waals surface area contributed by atoms with Crippen LogP contribution in [-0.4, -0.2) is 34.5 Å². The molecule has 1 heterocycles. The van der Waals surface area contributed by atoms with E-state index in [-0.39, 0.29) is 23.9 Å². The molecule has 0 saturated carbocycles. The summed E-state index contributed by atoms with van der Waals surface area (Å²) in [6.07, 6.45) is 1.20. The average molecular weight is 359 g/mol. The SMILES string of the molecule is C=CCN1C(=O)NC(c2cccc([N+](=O)[O-])c2)C(C(=O)OC(C)C)=C1C. The van der Waals surface area contributed by atoms with Crippen LogP contribution in [0.15, 0.2) is 48.2 Å². The summed E-state index contributed by atoms with van der Waals surface area (Å²) < 4.78 is 5.32. The normalized spacial score (nSPS) is 17.2. The van der Waals surface area contributed by atoms with Gasteiger partial charge in [0.15, 0.2) is 0 Å². The van der Waals surface area contributed by atoms with Crippen LogP contribution >= 0.6 is 0 Å². The Morgan fingerprint density at radius 1 is 1.50 bits per heavy atom. The maximum Gasteiger partial charge on any atom is 0.338 e. The van der Waals surface area contributed by atoms with Gasteiger partial charge in [-0.3, -0.25) is 15.0 Å². The van der Waals surface area contributed by atoms with Crippen LogP contribution < -0.4 is 5.32 Å². The van der Waals surface area contributed by atoms with E-state index in [1.54, 1.807) is 32.9 Å². The van der Waals surface area contributed by atoms with Gasteiger partial charge < -0.3 is 10.1 Å². The van der Waals surface area contributed by atoms with Gasteiger partial charge in [-0.05, 0) is 26.3 Å². The number of non-ortho nitro benzene ring substituents is 1. The van der Waals surface area contributed by atoms with Crippen molar-refractivity contribution in [2.45, 2.75) is 32.9 Å². The number of hydrogen-bond acceptors (Lipinski definition) is 5. The van der Waals surface area contributed by atoms with E-state index in [9.17, 15) is 19.7 Å². The molecule has 8 nitrogen and oxygen atoms in total. The monoisotopic (exact) mass is 359 g/mol. The Labute approximate surface area is 151 Å². The number of rotatable bonds is 6. The number of ether oxygens (including phenoxy) is 1. The molecule has 0 saturated heterocycles. The van der Waals surface area contributed by atoms with E-state index < -0.39 is 23.0 Å². The minimum absolute atomic E-state index is 0.125. The summed E-state index contributed by atoms with van der Waals surface area (Å²) in [6, 6.07) is 4.56. The first-order valence-corrected chi connectivity index (χ1v) is 8.11. The molecule has 1 aliphatic rings. The molecule has 0 radical (unpaired) electrons. The van der Waals surface area contributed by atoms with Crippen molar-refractivity contribution in [1.82, 2.24) is 10.2 Å². The van der Waals surface area contributed by atoms with Gasteiger partial charge in [0.2, 0.25) is 0 Å². The van der Waals surface area contributed by atoms with Crippen LogP contribution in [0.4, 0.5) is 10.5 Å². The first kappa shape index (κ1) is 19.2. The molecular formula is C18H21N3O5. The van der Waals surface area contributed by atoms with Crippen molar-refractivity contribution in [3.8, 4) is 0 Å². The number of esters is 1. The number of benzene rings is 1. The molecule has 1 N–H and O–H groups in total. The van der Waals surface area contributed by atoms with Crippen LogP contribution in [0, 0.1) is 10.1 Å². The molecule has 2 rings (SSSR count). The van der Waals surface area contributed by atoms with Gasteiger partial charge in [-0.15, -0.1) is 6.58 Å². The number of amides is 2. The van der Waals surface area contributed by atoms with Gasteiger partial charge in [-0.1, -0.05) is 18.2 Å². The van der Waals surface area contributed by atoms with Crippen LogP contribution in [0.1, 0.15) is 32.4 Å². The number of allylic oxidation sites excluding steroid dienone is 1. The maximum atomic E-state index is 12.7. The average Bonchev–Trinajstić information content (AvgIpc) is 2.57. The molecule has 1 aromatic carbocycles. The van der Waals surface area contributed by atoms with Gasteiger partial charge >= 0.3 is 12.0 Å². The molecule has 2 amide bonds. The number of carbonyl (C=O) groups excluding carboxylic acids is 2. The lowest BCUT2D eigenvalue weighted by Crippen LogP contribution is -2.48. The third kappa shape index (κ3) is 3.90. The van der Waals surface area contributed by atoms with Crippen molar-refractivity contribution in [2.75, 3.05) is 6.54 Å². The second kappa shape index (κ2) is 7.81. The second-order valence-corrected chi connectivity index (χ2v) is 6.09. The topological polar surface area (TPSA) is 102 Å². The lowest BCUT2D eigenvalue weighted by Gasteiger charge is -2.35. The highest BCUT2D eigenvalue weighted by Crippen LogP contribution is 2.32. The highest BCUT2D eigenvalue weighted by Gasteiger charge is 2.36. The van der Waals surface area contributed by atoms with E-state index in [2.05, 4.69) is 11.9 Å². The van der Waals surface area contributed by atoms with Crippen molar-refractivity contribution in [2.24, 2.45) is 0 Å². The van der Waals surface area contributed by atoms with Crippen molar-refractivity contribution in [3.63, 3.8) is 0 Å². The Hall–Kier alpha value is -3.16. The molecule has 1 atom stereocenters. The quantitative estimate of drug-likeness (QED) is 0.364. The number of nitro groups is 1. The lowest BCUT2D eigenvalue weighted by atomic mass is 9.94. The molecule has 1 aliphatic heterocycles. The molecule has 8 heteroatoms. The van der Waals surface area contributed by atoms with Crippen molar-refractivity contribution in [3.05, 3.63) is 63.9 Å². The summed E-state index contributed by atoms with van der Waals surface area (Å²) in [5, 5.41) is 13.8. The number of nitrogens with zero attached hydrogens (tertiary/aromatic N) is 2. The summed E-state index contributed by atoms with van der Waals surface area (Å²) >= 11 is 0. The fourth-order valence-corrected chi connectivity index (χ4v) is 2.74. The van der Waals surface area contributed by atoms with Gasteiger partial charge in [0.1, 0.15) is 0 Å². The van der Waals surface area contributed by atoms with E-state index in [1.807, 2.05) is 0 Å². The van der Waals surface area contributed by atoms with Gasteiger partial charge in [0.05, 0.1) is 22.6 Å². The summed E-state index contributed by atoms with van der Waals surface area (Å²) in [6.45, 7) is 8.92. The Morgan fingerprint density at radius 2 is 2.19 bits per heavy atom. The van der Waals surface area contributed by atoms with E-state index in [4.69, 9.17) is 4.74 Å². The first-order chi connectivity index (χ1) is 12.3. The first-order valence-electron chi connectivity index (χ1n) is 8.11. The van der Waals surface area contributed by atoms with Gasteiger partial charge in [-0.25, -0.2) is 9.59 Å². The molecule has 0 fully saturated rings. The highest BCUT2D eigenvalue weighted by atomic mass is 16.6. The zero-order chi connectivity index (χ0) is 19.4. The fraction of sp³-hybridized carbons (Fsp3) is 0.333. The Bertz CT molecular complexity index is 785. The van der Waals surface area contributed by atoms with Crippen LogP contribution in [-0.2, 0) is 9.53 Å². The zero-order valence-electron chi connectivity index (χ0n) is 14.9. The summed E-state index contributed by atoms with van der Waals surface area (Å²) in [4.78, 5) is 37.0. The third-order valence-corrected chi connectivity index (χ3v) is 3.88. The fourth-order valence-electron chi connectivity index (χ4n) is 2.74. The summed E-state index contributed by atoms with van der Waals surface area (Å²) in [5.41, 5.74) is 0.969. The van der Waals surface area contributed by atoms with E-state index in [0.717, 1.165) is 0 Å². The summed E-state index contributed by atoms with van der Waals surface area (Å²) in [5.74, 6) is -0.580. The molecule has 0 bridgehead atoms. The molecule has 138 valence electrons. The Balaban J connectivity index is 2.56. The molecule has 0 aromatic heterocycles. The predicted octanol–water partition coefficient (Wildman–Crippen LogP) is 3.07. The van der Waals surface area contributed by atoms with E-state index in [1.165, 1.54) is 23.1 Å². The number of nitrogens with one attached hydrogen (secondary N) is 1. The number of nitro benzene ring substituents is 1. The Kier molecular flexibility index (Phi) is 5.76. The third-order valence-electron chi connectivity index (χ3n) is 3.88. The molecular weight excluding hydrogens is 338 g/mol. The number of hydrogen-bond donors (Lipinski definition) is 1. The standard InChI is InChI=1S/C18H21N3O5/c1-5-9-20-12(4)15(17(22)26-11(2)3)16(19-18(20)23)13-7-6-8-14(10-13)21(24)25/h5-8,10-11,16H,1,9H2,2-4H3,(H,19,23). The second-order valence-electron chi connectivity index (χ2n) is 6.09. The van der Waals surface area contributed by atoms with Crippen LogP contribution in [0.25, 0.3) is 0 Å². The lowest BCUT2D eigenvalue weighted by molar-refractivity contribution is -0.384. The van der Waals surface area contributed by atoms with Gasteiger partial charge in [0.25, 0.3) is 5.69 Å². The van der Waals surface area contributed by atoms with Crippen molar-refractivity contribution < 1.29 is 19.2 Å². The van der Waals surface area contributed by atoms with Crippen molar-refractivity contribution in [1.29, 1.82) is 0 Å². The van der Waals surface area contributed by atoms with Crippen LogP contribution in [0.5, 0.6) is 0 Å². The molecule has 26 heavy (non-hydrogen) atoms. The maximum absolute atomic E-state index is 12.7. The minimum atomic E-state index is -0.838. The van der Waals surface area contributed by atoms with Gasteiger partial charge in [0, 0.05) is 24.4 Å². The molecule has 1 aromatic rings. The molecule has 1 unspecified atom stereocenters. The van der Waals surface area contributed by atoms with Crippen LogP contribution in [0.3, 0.4) is 0 Å². The Morgan fingerprint density at radius 3 is 2.77 bits per heavy atom. The minimum Gasteiger partial charge on any atom is -0.459 e. The van der Waals surface area contributed by atoms with Gasteiger partial charge in [-0.2, -0.15) is 0 Å². The smallest absolute Gasteiger partial charge is 0.338 e. The number of carbonyl (C=O) groups is 2. The van der Waals surface area contributed by atoms with Crippen molar-refractivity contribution >= 4 is 17.7 Å².